The van der Waals surface area contributed by atoms with Crippen molar-refractivity contribution >= 4 is 0 Å². The molecule has 0 bridgehead atoms. The first-order chi connectivity index (χ1) is 5.41. The van der Waals surface area contributed by atoms with Crippen molar-refractivity contribution in [3.8, 4) is 0 Å². The molecule has 0 fully saturated rings. The fourth-order valence-corrected chi connectivity index (χ4v) is 0.534. The maximum absolute atomic E-state index is 5.26. The normalized spacial score (nSPS) is 8.73. The van der Waals surface area contributed by atoms with Gasteiger partial charge in [0, 0.05) is 13.2 Å². The van der Waals surface area contributed by atoms with E-state index in [-0.39, 0.29) is 0 Å². The number of ether oxygens (including phenoxy) is 1. The highest BCUT2D eigenvalue weighted by molar-refractivity contribution is 4.39. The summed E-state index contributed by atoms with van der Waals surface area (Å²) in [4.78, 5) is 0. The third-order valence-electron chi connectivity index (χ3n) is 1.00. The number of hydrogen-bond donors (Lipinski definition) is 2. The molecule has 0 saturated heterocycles. The van der Waals surface area contributed by atoms with Crippen LogP contribution in [0, 0.1) is 0 Å². The summed E-state index contributed by atoms with van der Waals surface area (Å²) in [6.45, 7) is 6.84. The minimum atomic E-state index is 0.614. The highest BCUT2D eigenvalue weighted by Gasteiger charge is 1.84. The minimum Gasteiger partial charge on any atom is -0.380 e. The van der Waals surface area contributed by atoms with Crippen LogP contribution in [0.25, 0.3) is 0 Å². The predicted molar refractivity (Wildman–Crippen MR) is 49.5 cm³/mol. The largest absolute Gasteiger partial charge is 0.380 e. The molecule has 0 unspecified atom stereocenters. The first-order valence-corrected chi connectivity index (χ1v) is 4.39. The van der Waals surface area contributed by atoms with Crippen LogP contribution in [0.4, 0.5) is 0 Å². The van der Waals surface area contributed by atoms with E-state index < -0.39 is 0 Å². The van der Waals surface area contributed by atoms with E-state index in [1.165, 1.54) is 0 Å². The molecule has 0 aliphatic carbocycles. The van der Waals surface area contributed by atoms with Gasteiger partial charge in [0.05, 0.1) is 6.61 Å². The van der Waals surface area contributed by atoms with Gasteiger partial charge in [-0.2, -0.15) is 0 Å². The molecule has 0 amide bonds. The second-order valence-corrected chi connectivity index (χ2v) is 1.90. The van der Waals surface area contributed by atoms with Crippen molar-refractivity contribution in [2.75, 3.05) is 26.3 Å². The molecule has 0 aromatic heterocycles. The number of rotatable bonds is 6. The van der Waals surface area contributed by atoms with Gasteiger partial charge in [0.2, 0.25) is 0 Å². The minimum absolute atomic E-state index is 0.614. The second kappa shape index (κ2) is 16.5. The van der Waals surface area contributed by atoms with Crippen LogP contribution in [-0.2, 0) is 4.74 Å². The standard InChI is InChI=1S/C6H16N2O.C2H6/c7-3-1-2-5-9-6-4-8;1-2/h1-8H2;1-2H3. The monoisotopic (exact) mass is 162 g/mol. The number of hydrogen-bond acceptors (Lipinski definition) is 3. The Morgan fingerprint density at radius 1 is 0.909 bits per heavy atom. The van der Waals surface area contributed by atoms with E-state index in [1.807, 2.05) is 13.8 Å². The zero-order valence-corrected chi connectivity index (χ0v) is 7.81. The van der Waals surface area contributed by atoms with Gasteiger partial charge in [0.15, 0.2) is 0 Å². The Morgan fingerprint density at radius 3 is 2.00 bits per heavy atom. The summed E-state index contributed by atoms with van der Waals surface area (Å²) in [6, 6.07) is 0. The van der Waals surface area contributed by atoms with E-state index in [1.54, 1.807) is 0 Å². The molecular weight excluding hydrogens is 140 g/mol. The lowest BCUT2D eigenvalue weighted by molar-refractivity contribution is 0.138. The lowest BCUT2D eigenvalue weighted by Crippen LogP contribution is -2.09. The number of nitrogens with two attached hydrogens (primary N) is 2. The second-order valence-electron chi connectivity index (χ2n) is 1.90. The molecule has 0 atom stereocenters. The van der Waals surface area contributed by atoms with Crippen molar-refractivity contribution in [2.24, 2.45) is 11.5 Å². The average molecular weight is 162 g/mol. The third kappa shape index (κ3) is 17.7. The molecular formula is C8H22N2O. The maximum atomic E-state index is 5.26. The SMILES string of the molecule is CC.NCCCCOCCN. The molecule has 0 spiro atoms. The van der Waals surface area contributed by atoms with Crippen molar-refractivity contribution in [3.63, 3.8) is 0 Å². The number of unbranched alkanes of at least 4 members (excludes halogenated alkanes) is 1. The van der Waals surface area contributed by atoms with Crippen molar-refractivity contribution in [2.45, 2.75) is 26.7 Å². The summed E-state index contributed by atoms with van der Waals surface area (Å²) in [6.07, 6.45) is 2.10. The van der Waals surface area contributed by atoms with Crippen molar-refractivity contribution in [3.05, 3.63) is 0 Å². The first kappa shape index (κ1) is 13.5. The molecule has 0 rings (SSSR count). The third-order valence-corrected chi connectivity index (χ3v) is 1.00. The predicted octanol–water partition coefficient (Wildman–Crippen LogP) is 0.727. The molecule has 3 nitrogen and oxygen atoms in total. The Bertz CT molecular complexity index is 45.4. The van der Waals surface area contributed by atoms with Crippen LogP contribution in [0.15, 0.2) is 0 Å². The van der Waals surface area contributed by atoms with Crippen LogP contribution < -0.4 is 11.5 Å². The zero-order chi connectivity index (χ0) is 8.95. The summed E-state index contributed by atoms with van der Waals surface area (Å²) in [5.41, 5.74) is 10.5. The topological polar surface area (TPSA) is 61.3 Å². The highest BCUT2D eigenvalue weighted by Crippen LogP contribution is 1.85. The Labute approximate surface area is 70.1 Å². The van der Waals surface area contributed by atoms with Crippen LogP contribution in [0.3, 0.4) is 0 Å². The molecule has 0 aromatic rings. The van der Waals surface area contributed by atoms with Gasteiger partial charge < -0.3 is 16.2 Å². The summed E-state index contributed by atoms with van der Waals surface area (Å²) in [5.74, 6) is 0. The summed E-state index contributed by atoms with van der Waals surface area (Å²) < 4.78 is 5.10. The molecule has 0 saturated carbocycles. The first-order valence-electron chi connectivity index (χ1n) is 4.39. The van der Waals surface area contributed by atoms with Gasteiger partial charge in [-0.1, -0.05) is 13.8 Å². The van der Waals surface area contributed by atoms with E-state index in [2.05, 4.69) is 0 Å². The Hall–Kier alpha value is -0.120. The maximum Gasteiger partial charge on any atom is 0.0588 e. The van der Waals surface area contributed by atoms with E-state index in [9.17, 15) is 0 Å². The van der Waals surface area contributed by atoms with Crippen molar-refractivity contribution in [1.82, 2.24) is 0 Å². The highest BCUT2D eigenvalue weighted by atomic mass is 16.5. The summed E-state index contributed by atoms with van der Waals surface area (Å²) >= 11 is 0. The summed E-state index contributed by atoms with van der Waals surface area (Å²) in [5, 5.41) is 0. The van der Waals surface area contributed by atoms with Gasteiger partial charge in [-0.3, -0.25) is 0 Å². The van der Waals surface area contributed by atoms with Crippen molar-refractivity contribution in [1.29, 1.82) is 0 Å². The molecule has 0 heterocycles. The van der Waals surface area contributed by atoms with E-state index in [0.29, 0.717) is 13.2 Å². The van der Waals surface area contributed by atoms with Gasteiger partial charge in [-0.05, 0) is 19.4 Å². The summed E-state index contributed by atoms with van der Waals surface area (Å²) in [7, 11) is 0. The average Bonchev–Trinajstić information content (AvgIpc) is 2.08. The zero-order valence-electron chi connectivity index (χ0n) is 7.81. The Balaban J connectivity index is 0. The van der Waals surface area contributed by atoms with Gasteiger partial charge in [-0.15, -0.1) is 0 Å². The van der Waals surface area contributed by atoms with Crippen molar-refractivity contribution < 1.29 is 4.74 Å². The van der Waals surface area contributed by atoms with Crippen LogP contribution in [-0.4, -0.2) is 26.3 Å². The molecule has 0 radical (unpaired) electrons. The fraction of sp³-hybridized carbons (Fsp3) is 1.00. The smallest absolute Gasteiger partial charge is 0.0588 e. The molecule has 0 aliphatic heterocycles. The lowest BCUT2D eigenvalue weighted by atomic mass is 10.3. The van der Waals surface area contributed by atoms with Gasteiger partial charge in [0.1, 0.15) is 0 Å². The van der Waals surface area contributed by atoms with E-state index in [4.69, 9.17) is 16.2 Å². The lowest BCUT2D eigenvalue weighted by Gasteiger charge is -1.99. The van der Waals surface area contributed by atoms with Crippen LogP contribution >= 0.6 is 0 Å². The fourth-order valence-electron chi connectivity index (χ4n) is 0.534. The van der Waals surface area contributed by atoms with Gasteiger partial charge in [-0.25, -0.2) is 0 Å². The van der Waals surface area contributed by atoms with E-state index in [0.717, 1.165) is 26.0 Å². The molecule has 4 N–H and O–H groups in total. The molecule has 11 heavy (non-hydrogen) atoms. The van der Waals surface area contributed by atoms with Gasteiger partial charge >= 0.3 is 0 Å². The molecule has 3 heteroatoms. The van der Waals surface area contributed by atoms with Crippen LogP contribution in [0.2, 0.25) is 0 Å². The Morgan fingerprint density at radius 2 is 1.55 bits per heavy atom. The molecule has 70 valence electrons. The molecule has 0 aliphatic rings. The van der Waals surface area contributed by atoms with Crippen LogP contribution in [0.5, 0.6) is 0 Å². The molecule has 0 aromatic carbocycles. The quantitative estimate of drug-likeness (QED) is 0.566. The van der Waals surface area contributed by atoms with E-state index >= 15 is 0 Å². The van der Waals surface area contributed by atoms with Crippen LogP contribution in [0.1, 0.15) is 26.7 Å². The Kier molecular flexibility index (Phi) is 20.2. The van der Waals surface area contributed by atoms with Gasteiger partial charge in [0.25, 0.3) is 0 Å².